The van der Waals surface area contributed by atoms with Crippen LogP contribution in [0.25, 0.3) is 0 Å². The maximum Gasteiger partial charge on any atom is 0.319 e. The van der Waals surface area contributed by atoms with Crippen LogP contribution in [0.3, 0.4) is 0 Å². The molecule has 2 amide bonds. The Labute approximate surface area is 127 Å². The first-order valence-corrected chi connectivity index (χ1v) is 7.12. The van der Waals surface area contributed by atoms with Crippen LogP contribution in [0.2, 0.25) is 0 Å². The highest BCUT2D eigenvalue weighted by atomic mass is 79.9. The number of amides is 2. The molecule has 0 bridgehead atoms. The Balaban J connectivity index is 2.75. The summed E-state index contributed by atoms with van der Waals surface area (Å²) in [7, 11) is 1.60. The maximum absolute atomic E-state index is 11.9. The minimum atomic E-state index is -0.317. The van der Waals surface area contributed by atoms with Crippen LogP contribution < -0.4 is 10.6 Å². The first-order chi connectivity index (χ1) is 9.62. The molecule has 0 aliphatic heterocycles. The van der Waals surface area contributed by atoms with E-state index in [4.69, 9.17) is 10.00 Å². The van der Waals surface area contributed by atoms with Gasteiger partial charge in [0.1, 0.15) is 0 Å². The zero-order valence-electron chi connectivity index (χ0n) is 11.6. The van der Waals surface area contributed by atoms with Crippen LogP contribution in [-0.4, -0.2) is 19.2 Å². The molecule has 0 saturated heterocycles. The number of benzene rings is 1. The first-order valence-electron chi connectivity index (χ1n) is 6.33. The second kappa shape index (κ2) is 8.56. The molecule has 0 heterocycles. The Morgan fingerprint density at radius 3 is 2.90 bits per heavy atom. The number of rotatable bonds is 6. The van der Waals surface area contributed by atoms with E-state index in [0.717, 1.165) is 10.0 Å². The van der Waals surface area contributed by atoms with Crippen LogP contribution >= 0.6 is 15.9 Å². The third-order valence-corrected chi connectivity index (χ3v) is 3.56. The molecule has 6 heteroatoms. The smallest absolute Gasteiger partial charge is 0.319 e. The van der Waals surface area contributed by atoms with Crippen molar-refractivity contribution in [3.8, 4) is 6.07 Å². The minimum absolute atomic E-state index is 0.141. The molecule has 1 aromatic carbocycles. The van der Waals surface area contributed by atoms with Crippen molar-refractivity contribution < 1.29 is 9.53 Å². The first kappa shape index (κ1) is 16.5. The summed E-state index contributed by atoms with van der Waals surface area (Å²) in [5, 5.41) is 14.2. The maximum atomic E-state index is 11.9. The summed E-state index contributed by atoms with van der Waals surface area (Å²) in [4.78, 5) is 11.9. The van der Waals surface area contributed by atoms with Crippen LogP contribution in [0.5, 0.6) is 0 Å². The number of carbonyl (C=O) groups is 1. The summed E-state index contributed by atoms with van der Waals surface area (Å²) in [6.45, 7) is 2.32. The van der Waals surface area contributed by atoms with E-state index in [9.17, 15) is 4.79 Å². The second-order valence-electron chi connectivity index (χ2n) is 4.26. The van der Waals surface area contributed by atoms with Crippen LogP contribution in [-0.2, 0) is 11.3 Å². The number of nitriles is 1. The van der Waals surface area contributed by atoms with Crippen molar-refractivity contribution in [2.45, 2.75) is 32.4 Å². The average Bonchev–Trinajstić information content (AvgIpc) is 2.42. The minimum Gasteiger partial charge on any atom is -0.380 e. The van der Waals surface area contributed by atoms with Crippen molar-refractivity contribution >= 4 is 27.6 Å². The summed E-state index contributed by atoms with van der Waals surface area (Å²) in [6, 6.07) is 7.14. The van der Waals surface area contributed by atoms with Crippen molar-refractivity contribution in [2.24, 2.45) is 0 Å². The quantitative estimate of drug-likeness (QED) is 0.833. The number of nitrogens with zero attached hydrogens (tertiary/aromatic N) is 1. The lowest BCUT2D eigenvalue weighted by molar-refractivity contribution is 0.185. The lowest BCUT2D eigenvalue weighted by atomic mass is 10.1. The van der Waals surface area contributed by atoms with E-state index in [-0.39, 0.29) is 12.1 Å². The number of hydrogen-bond acceptors (Lipinski definition) is 3. The van der Waals surface area contributed by atoms with Gasteiger partial charge >= 0.3 is 6.03 Å². The highest BCUT2D eigenvalue weighted by Gasteiger charge is 2.13. The number of urea groups is 1. The van der Waals surface area contributed by atoms with Gasteiger partial charge in [-0.15, -0.1) is 0 Å². The Morgan fingerprint density at radius 2 is 2.30 bits per heavy atom. The van der Waals surface area contributed by atoms with Gasteiger partial charge in [0.15, 0.2) is 0 Å². The van der Waals surface area contributed by atoms with E-state index in [1.165, 1.54) is 0 Å². The third-order valence-electron chi connectivity index (χ3n) is 2.82. The molecule has 0 spiro atoms. The van der Waals surface area contributed by atoms with Gasteiger partial charge in [0.05, 0.1) is 19.1 Å². The summed E-state index contributed by atoms with van der Waals surface area (Å²) in [5.41, 5.74) is 1.56. The summed E-state index contributed by atoms with van der Waals surface area (Å²) in [6.07, 6.45) is 1.01. The molecule has 0 aromatic heterocycles. The van der Waals surface area contributed by atoms with Gasteiger partial charge in [0, 0.05) is 28.9 Å². The number of anilines is 1. The van der Waals surface area contributed by atoms with Gasteiger partial charge in [-0.05, 0) is 18.6 Å². The molecule has 0 radical (unpaired) electrons. The monoisotopic (exact) mass is 339 g/mol. The predicted octanol–water partition coefficient (Wildman–Crippen LogP) is 3.41. The number of hydrogen-bond donors (Lipinski definition) is 2. The summed E-state index contributed by atoms with van der Waals surface area (Å²) >= 11 is 3.43. The number of nitrogens with one attached hydrogen (secondary N) is 2. The standard InChI is InChI=1S/C14H18BrN3O2/c1-3-10(7-8-16)17-14(19)18-13-6-4-5-12(15)11(13)9-20-2/h4-6,10H,3,7,9H2,1-2H3,(H2,17,18,19)/t10-/m0/s1. The summed E-state index contributed by atoms with van der Waals surface area (Å²) < 4.78 is 6.00. The molecule has 0 aliphatic rings. The molecule has 20 heavy (non-hydrogen) atoms. The fraction of sp³-hybridized carbons (Fsp3) is 0.429. The molecular weight excluding hydrogens is 322 g/mol. The normalized spacial score (nSPS) is 11.5. The molecule has 0 saturated carbocycles. The Hall–Kier alpha value is -1.58. The molecule has 2 N–H and O–H groups in total. The zero-order valence-corrected chi connectivity index (χ0v) is 13.2. The molecule has 108 valence electrons. The number of ether oxygens (including phenoxy) is 1. The topological polar surface area (TPSA) is 74.2 Å². The van der Waals surface area contributed by atoms with E-state index >= 15 is 0 Å². The summed E-state index contributed by atoms with van der Waals surface area (Å²) in [5.74, 6) is 0. The van der Waals surface area contributed by atoms with Crippen LogP contribution in [0, 0.1) is 11.3 Å². The predicted molar refractivity (Wildman–Crippen MR) is 81.3 cm³/mol. The molecule has 1 rings (SSSR count). The van der Waals surface area contributed by atoms with Crippen LogP contribution in [0.4, 0.5) is 10.5 Å². The molecule has 0 unspecified atom stereocenters. The second-order valence-corrected chi connectivity index (χ2v) is 5.12. The van der Waals surface area contributed by atoms with Crippen LogP contribution in [0.15, 0.2) is 22.7 Å². The lowest BCUT2D eigenvalue weighted by Crippen LogP contribution is -2.37. The van der Waals surface area contributed by atoms with Gasteiger partial charge in [-0.3, -0.25) is 0 Å². The highest BCUT2D eigenvalue weighted by molar-refractivity contribution is 9.10. The van der Waals surface area contributed by atoms with Crippen molar-refractivity contribution in [3.63, 3.8) is 0 Å². The van der Waals surface area contributed by atoms with E-state index < -0.39 is 0 Å². The van der Waals surface area contributed by atoms with E-state index in [1.54, 1.807) is 7.11 Å². The van der Waals surface area contributed by atoms with Crippen molar-refractivity contribution in [3.05, 3.63) is 28.2 Å². The Kier molecular flexibility index (Phi) is 7.05. The van der Waals surface area contributed by atoms with Gasteiger partial charge in [-0.1, -0.05) is 28.9 Å². The SMILES string of the molecule is CC[C@@H](CC#N)NC(=O)Nc1cccc(Br)c1COC. The van der Waals surface area contributed by atoms with Crippen molar-refractivity contribution in [1.82, 2.24) is 5.32 Å². The van der Waals surface area contributed by atoms with Crippen molar-refractivity contribution in [2.75, 3.05) is 12.4 Å². The third kappa shape index (κ3) is 4.83. The molecule has 1 aromatic rings. The Bertz CT molecular complexity index is 500. The van der Waals surface area contributed by atoms with Crippen molar-refractivity contribution in [1.29, 1.82) is 5.26 Å². The Morgan fingerprint density at radius 1 is 1.55 bits per heavy atom. The molecule has 5 nitrogen and oxygen atoms in total. The van der Waals surface area contributed by atoms with E-state index in [0.29, 0.717) is 25.1 Å². The number of carbonyl (C=O) groups excluding carboxylic acids is 1. The fourth-order valence-electron chi connectivity index (χ4n) is 1.72. The largest absolute Gasteiger partial charge is 0.380 e. The number of methoxy groups -OCH3 is 1. The molecule has 0 aliphatic carbocycles. The van der Waals surface area contributed by atoms with Gasteiger partial charge in [0.2, 0.25) is 0 Å². The van der Waals surface area contributed by atoms with Gasteiger partial charge in [0.25, 0.3) is 0 Å². The van der Waals surface area contributed by atoms with E-state index in [1.807, 2.05) is 25.1 Å². The van der Waals surface area contributed by atoms with Gasteiger partial charge < -0.3 is 15.4 Å². The highest BCUT2D eigenvalue weighted by Crippen LogP contribution is 2.25. The van der Waals surface area contributed by atoms with E-state index in [2.05, 4.69) is 32.6 Å². The number of halogens is 1. The van der Waals surface area contributed by atoms with Gasteiger partial charge in [-0.2, -0.15) is 5.26 Å². The fourth-order valence-corrected chi connectivity index (χ4v) is 2.20. The van der Waals surface area contributed by atoms with Crippen LogP contribution in [0.1, 0.15) is 25.3 Å². The average molecular weight is 340 g/mol. The lowest BCUT2D eigenvalue weighted by Gasteiger charge is -2.16. The molecule has 0 fully saturated rings. The van der Waals surface area contributed by atoms with Gasteiger partial charge in [-0.25, -0.2) is 4.79 Å². The zero-order chi connectivity index (χ0) is 15.0. The molecular formula is C14H18BrN3O2. The molecule has 1 atom stereocenters.